The van der Waals surface area contributed by atoms with E-state index >= 15 is 0 Å². The monoisotopic (exact) mass is 193 g/mol. The second-order valence-corrected chi connectivity index (χ2v) is 3.72. The molecule has 0 saturated heterocycles. The Morgan fingerprint density at radius 3 is 2.21 bits per heavy atom. The van der Waals surface area contributed by atoms with Gasteiger partial charge in [0.05, 0.1) is 6.07 Å². The summed E-state index contributed by atoms with van der Waals surface area (Å²) in [6, 6.07) is 2.18. The van der Waals surface area contributed by atoms with Crippen molar-refractivity contribution in [1.29, 1.82) is 5.26 Å². The Morgan fingerprint density at radius 1 is 0.929 bits per heavy atom. The van der Waals surface area contributed by atoms with Gasteiger partial charge in [-0.2, -0.15) is 5.26 Å². The average Bonchev–Trinajstić information content (AvgIpc) is 2.21. The van der Waals surface area contributed by atoms with Gasteiger partial charge in [0.25, 0.3) is 0 Å². The van der Waals surface area contributed by atoms with Crippen molar-refractivity contribution in [3.05, 3.63) is 12.2 Å². The quantitative estimate of drug-likeness (QED) is 0.388. The van der Waals surface area contributed by atoms with E-state index in [-0.39, 0.29) is 0 Å². The van der Waals surface area contributed by atoms with Crippen LogP contribution in [0.1, 0.15) is 64.7 Å². The first-order valence-electron chi connectivity index (χ1n) is 5.93. The molecule has 0 aromatic heterocycles. The molecular formula is C13H23N. The van der Waals surface area contributed by atoms with Crippen LogP contribution in [0.5, 0.6) is 0 Å². The summed E-state index contributed by atoms with van der Waals surface area (Å²) in [6.45, 7) is 2.23. The summed E-state index contributed by atoms with van der Waals surface area (Å²) in [7, 11) is 0. The van der Waals surface area contributed by atoms with Crippen molar-refractivity contribution in [2.75, 3.05) is 0 Å². The van der Waals surface area contributed by atoms with E-state index in [2.05, 4.69) is 25.1 Å². The number of allylic oxidation sites excluding steroid dienone is 2. The molecule has 0 spiro atoms. The van der Waals surface area contributed by atoms with Crippen LogP contribution in [0.25, 0.3) is 0 Å². The van der Waals surface area contributed by atoms with Crippen LogP contribution in [0.3, 0.4) is 0 Å². The molecular weight excluding hydrogens is 170 g/mol. The molecule has 0 aliphatic carbocycles. The zero-order valence-corrected chi connectivity index (χ0v) is 9.47. The van der Waals surface area contributed by atoms with E-state index in [4.69, 9.17) is 5.26 Å². The molecule has 14 heavy (non-hydrogen) atoms. The van der Waals surface area contributed by atoms with Gasteiger partial charge in [0.2, 0.25) is 0 Å². The van der Waals surface area contributed by atoms with Crippen LogP contribution in [-0.4, -0.2) is 0 Å². The molecule has 0 atom stereocenters. The van der Waals surface area contributed by atoms with E-state index in [9.17, 15) is 0 Å². The third-order valence-electron chi connectivity index (χ3n) is 2.30. The van der Waals surface area contributed by atoms with Crippen molar-refractivity contribution in [2.45, 2.75) is 64.7 Å². The lowest BCUT2D eigenvalue weighted by Gasteiger charge is -1.95. The molecule has 0 aromatic carbocycles. The summed E-state index contributed by atoms with van der Waals surface area (Å²) in [4.78, 5) is 0. The normalized spacial score (nSPS) is 10.6. The van der Waals surface area contributed by atoms with Crippen molar-refractivity contribution >= 4 is 0 Å². The largest absolute Gasteiger partial charge is 0.198 e. The first-order chi connectivity index (χ1) is 6.91. The molecule has 0 fully saturated rings. The lowest BCUT2D eigenvalue weighted by Crippen LogP contribution is -1.76. The van der Waals surface area contributed by atoms with Crippen LogP contribution in [0.15, 0.2) is 12.2 Å². The smallest absolute Gasteiger partial charge is 0.0621 e. The highest BCUT2D eigenvalue weighted by molar-refractivity contribution is 4.81. The number of hydrogen-bond donors (Lipinski definition) is 0. The molecule has 1 nitrogen and oxygen atoms in total. The fourth-order valence-electron chi connectivity index (χ4n) is 1.38. The maximum absolute atomic E-state index is 8.33. The molecule has 0 aliphatic heterocycles. The molecule has 0 radical (unpaired) electrons. The highest BCUT2D eigenvalue weighted by Crippen LogP contribution is 2.06. The van der Waals surface area contributed by atoms with Gasteiger partial charge in [-0.25, -0.2) is 0 Å². The van der Waals surface area contributed by atoms with Crippen LogP contribution in [0.2, 0.25) is 0 Å². The average molecular weight is 193 g/mol. The molecule has 0 aliphatic rings. The minimum atomic E-state index is 0.729. The van der Waals surface area contributed by atoms with Crippen LogP contribution in [0.4, 0.5) is 0 Å². The van der Waals surface area contributed by atoms with Crippen molar-refractivity contribution in [3.8, 4) is 6.07 Å². The Hall–Kier alpha value is -0.770. The SMILES string of the molecule is CCCC/C=C/CCCCCCC#N. The van der Waals surface area contributed by atoms with Gasteiger partial charge in [-0.15, -0.1) is 0 Å². The fourth-order valence-corrected chi connectivity index (χ4v) is 1.38. The number of nitrogens with zero attached hydrogens (tertiary/aromatic N) is 1. The third-order valence-corrected chi connectivity index (χ3v) is 2.30. The molecule has 0 N–H and O–H groups in total. The van der Waals surface area contributed by atoms with E-state index < -0.39 is 0 Å². The molecule has 0 aromatic rings. The number of nitriles is 1. The Morgan fingerprint density at radius 2 is 1.57 bits per heavy atom. The summed E-state index contributed by atoms with van der Waals surface area (Å²) in [5.74, 6) is 0. The summed E-state index contributed by atoms with van der Waals surface area (Å²) in [6.07, 6.45) is 15.3. The van der Waals surface area contributed by atoms with E-state index in [1.54, 1.807) is 0 Å². The molecule has 1 heteroatoms. The lowest BCUT2D eigenvalue weighted by atomic mass is 10.1. The molecule has 0 heterocycles. The maximum Gasteiger partial charge on any atom is 0.0621 e. The predicted molar refractivity (Wildman–Crippen MR) is 62.0 cm³/mol. The molecule has 80 valence electrons. The van der Waals surface area contributed by atoms with Crippen LogP contribution < -0.4 is 0 Å². The first-order valence-corrected chi connectivity index (χ1v) is 5.93. The van der Waals surface area contributed by atoms with E-state index in [1.807, 2.05) is 0 Å². The molecule has 0 amide bonds. The highest BCUT2D eigenvalue weighted by Gasteiger charge is 1.87. The molecule has 0 rings (SSSR count). The minimum Gasteiger partial charge on any atom is -0.198 e. The third kappa shape index (κ3) is 11.2. The second kappa shape index (κ2) is 12.2. The molecule has 0 saturated carbocycles. The Kier molecular flexibility index (Phi) is 11.6. The van der Waals surface area contributed by atoms with E-state index in [0.717, 1.165) is 12.8 Å². The zero-order chi connectivity index (χ0) is 10.5. The van der Waals surface area contributed by atoms with Crippen molar-refractivity contribution < 1.29 is 0 Å². The lowest BCUT2D eigenvalue weighted by molar-refractivity contribution is 0.654. The zero-order valence-electron chi connectivity index (χ0n) is 9.47. The van der Waals surface area contributed by atoms with Gasteiger partial charge in [-0.05, 0) is 25.7 Å². The fraction of sp³-hybridized carbons (Fsp3) is 0.769. The highest BCUT2D eigenvalue weighted by atomic mass is 14.2. The number of hydrogen-bond acceptors (Lipinski definition) is 1. The molecule has 0 bridgehead atoms. The van der Waals surface area contributed by atoms with Crippen LogP contribution >= 0.6 is 0 Å². The Balaban J connectivity index is 2.98. The van der Waals surface area contributed by atoms with Gasteiger partial charge in [-0.1, -0.05) is 44.8 Å². The van der Waals surface area contributed by atoms with E-state index in [1.165, 1.54) is 44.9 Å². The van der Waals surface area contributed by atoms with Gasteiger partial charge in [0.15, 0.2) is 0 Å². The number of rotatable bonds is 9. The van der Waals surface area contributed by atoms with Crippen LogP contribution in [0, 0.1) is 11.3 Å². The van der Waals surface area contributed by atoms with Gasteiger partial charge < -0.3 is 0 Å². The molecule has 0 unspecified atom stereocenters. The van der Waals surface area contributed by atoms with Crippen molar-refractivity contribution in [1.82, 2.24) is 0 Å². The summed E-state index contributed by atoms with van der Waals surface area (Å²) in [5.41, 5.74) is 0. The Labute approximate surface area is 88.8 Å². The topological polar surface area (TPSA) is 23.8 Å². The van der Waals surface area contributed by atoms with Gasteiger partial charge in [-0.3, -0.25) is 0 Å². The van der Waals surface area contributed by atoms with Gasteiger partial charge >= 0.3 is 0 Å². The van der Waals surface area contributed by atoms with Gasteiger partial charge in [0, 0.05) is 6.42 Å². The predicted octanol–water partition coefficient (Wildman–Crippen LogP) is 4.60. The minimum absolute atomic E-state index is 0.729. The van der Waals surface area contributed by atoms with Crippen molar-refractivity contribution in [3.63, 3.8) is 0 Å². The summed E-state index contributed by atoms with van der Waals surface area (Å²) >= 11 is 0. The first kappa shape index (κ1) is 13.2. The van der Waals surface area contributed by atoms with Crippen LogP contribution in [-0.2, 0) is 0 Å². The summed E-state index contributed by atoms with van der Waals surface area (Å²) < 4.78 is 0. The Bertz CT molecular complexity index is 165. The van der Waals surface area contributed by atoms with E-state index in [0.29, 0.717) is 0 Å². The van der Waals surface area contributed by atoms with Gasteiger partial charge in [0.1, 0.15) is 0 Å². The standard InChI is InChI=1S/C13H23N/c1-2-3-4-5-6-7-8-9-10-11-12-13-14/h5-6H,2-4,7-12H2,1H3/b6-5+. The summed E-state index contributed by atoms with van der Waals surface area (Å²) in [5, 5.41) is 8.33. The second-order valence-electron chi connectivity index (χ2n) is 3.72. The van der Waals surface area contributed by atoms with Crippen molar-refractivity contribution in [2.24, 2.45) is 0 Å². The maximum atomic E-state index is 8.33. The number of unbranched alkanes of at least 4 members (excludes halogenated alkanes) is 7.